The number of methoxy groups -OCH3 is 1. The van der Waals surface area contributed by atoms with Gasteiger partial charge in [0.1, 0.15) is 0 Å². The largest absolute Gasteiger partial charge is 0.484 e. The molecule has 3 aromatic rings. The van der Waals surface area contributed by atoms with Gasteiger partial charge in [-0.15, -0.1) is 0 Å². The third-order valence-corrected chi connectivity index (χ3v) is 5.63. The molecule has 2 aromatic heterocycles. The average Bonchev–Trinajstić information content (AvgIpc) is 2.75. The first kappa shape index (κ1) is 23.6. The fraction of sp³-hybridized carbons (Fsp3) is 0.333. The quantitative estimate of drug-likeness (QED) is 0.494. The van der Waals surface area contributed by atoms with Crippen LogP contribution in [0, 0.1) is 13.8 Å². The van der Waals surface area contributed by atoms with Gasteiger partial charge in [0.25, 0.3) is 5.88 Å². The Bertz CT molecular complexity index is 1180. The highest BCUT2D eigenvalue weighted by Gasteiger charge is 2.38. The van der Waals surface area contributed by atoms with Gasteiger partial charge in [-0.2, -0.15) is 0 Å². The van der Waals surface area contributed by atoms with Gasteiger partial charge in [-0.25, -0.2) is 4.98 Å². The highest BCUT2D eigenvalue weighted by atomic mass is 35.5. The number of aryl methyl sites for hydroxylation is 2. The number of hydrogen-bond acceptors (Lipinski definition) is 7. The summed E-state index contributed by atoms with van der Waals surface area (Å²) in [5.41, 5.74) is 8.01. The van der Waals surface area contributed by atoms with Gasteiger partial charge in [-0.3, -0.25) is 4.98 Å². The third-order valence-electron chi connectivity index (χ3n) is 5.25. The van der Waals surface area contributed by atoms with Crippen LogP contribution in [-0.2, 0) is 5.60 Å². The van der Waals surface area contributed by atoms with Crippen LogP contribution in [0.1, 0.15) is 36.4 Å². The molecule has 0 saturated carbocycles. The van der Waals surface area contributed by atoms with Gasteiger partial charge in [0.05, 0.1) is 29.5 Å². The lowest BCUT2D eigenvalue weighted by molar-refractivity contribution is 0.113. The number of rotatable bonds is 7. The molecule has 0 amide bonds. The summed E-state index contributed by atoms with van der Waals surface area (Å²) in [5.74, 6) is 0.657. The molecule has 1 atom stereocenters. The number of ether oxygens (including phenoxy) is 2. The Hall–Kier alpha value is -3.03. The van der Waals surface area contributed by atoms with E-state index < -0.39 is 5.60 Å². The highest BCUT2D eigenvalue weighted by molar-refractivity contribution is 6.37. The van der Waals surface area contributed by atoms with Gasteiger partial charge in [0.15, 0.2) is 5.60 Å². The van der Waals surface area contributed by atoms with E-state index in [0.29, 0.717) is 50.1 Å². The first-order valence-corrected chi connectivity index (χ1v) is 10.7. The summed E-state index contributed by atoms with van der Waals surface area (Å²) < 4.78 is 11.3. The molecule has 7 nitrogen and oxygen atoms in total. The summed E-state index contributed by atoms with van der Waals surface area (Å²) in [6, 6.07) is 9.06. The van der Waals surface area contributed by atoms with Gasteiger partial charge in [0, 0.05) is 35.6 Å². The van der Waals surface area contributed by atoms with Crippen LogP contribution in [0.5, 0.6) is 11.6 Å². The van der Waals surface area contributed by atoms with E-state index in [1.165, 1.54) is 13.3 Å². The normalized spacial score (nSPS) is 13.8. The van der Waals surface area contributed by atoms with E-state index in [1.54, 1.807) is 25.2 Å². The Morgan fingerprint density at radius 2 is 1.94 bits per heavy atom. The minimum atomic E-state index is -1.59. The number of nitrogens with zero attached hydrogens (tertiary/aromatic N) is 2. The maximum absolute atomic E-state index is 12.1. The number of benzene rings is 1. The van der Waals surface area contributed by atoms with Crippen LogP contribution in [-0.4, -0.2) is 35.3 Å². The topological polar surface area (TPSA) is 103 Å². The summed E-state index contributed by atoms with van der Waals surface area (Å²) >= 11 is 6.74. The second-order valence-electron chi connectivity index (χ2n) is 7.79. The Morgan fingerprint density at radius 1 is 1.22 bits per heavy atom. The Labute approximate surface area is 193 Å². The first-order valence-electron chi connectivity index (χ1n) is 10.3. The molecule has 0 bridgehead atoms. The second kappa shape index (κ2) is 9.22. The maximum Gasteiger partial charge on any atom is 0.258 e. The molecule has 0 radical (unpaired) electrons. The van der Waals surface area contributed by atoms with Crippen LogP contribution in [0.25, 0.3) is 10.9 Å². The van der Waals surface area contributed by atoms with Gasteiger partial charge in [0.2, 0.25) is 5.75 Å². The molecule has 0 spiro atoms. The molecule has 170 valence electrons. The molecule has 32 heavy (non-hydrogen) atoms. The number of hydrogen-bond donors (Lipinski definition) is 3. The molecule has 0 aliphatic carbocycles. The summed E-state index contributed by atoms with van der Waals surface area (Å²) in [6.07, 6.45) is 1.23. The van der Waals surface area contributed by atoms with E-state index >= 15 is 0 Å². The molecule has 0 aliphatic heterocycles. The zero-order valence-corrected chi connectivity index (χ0v) is 19.9. The fourth-order valence-electron chi connectivity index (χ4n) is 3.80. The Kier molecular flexibility index (Phi) is 6.81. The SMILES string of the molecule is CNC(=CN)C(O)(c1ccc2nc(OC)c(OC(C)C)c(Cl)c2c1)c1ccc(C)nc1C. The number of aliphatic hydroxyl groups is 1. The van der Waals surface area contributed by atoms with E-state index in [0.717, 1.165) is 5.69 Å². The number of halogens is 1. The molecular weight excluding hydrogens is 428 g/mol. The molecule has 1 aromatic carbocycles. The Balaban J connectivity index is 2.33. The summed E-state index contributed by atoms with van der Waals surface area (Å²) in [6.45, 7) is 7.55. The van der Waals surface area contributed by atoms with E-state index in [2.05, 4.69) is 15.3 Å². The molecule has 0 aliphatic rings. The molecule has 0 fully saturated rings. The smallest absolute Gasteiger partial charge is 0.258 e. The van der Waals surface area contributed by atoms with Crippen LogP contribution in [0.3, 0.4) is 0 Å². The predicted molar refractivity (Wildman–Crippen MR) is 127 cm³/mol. The van der Waals surface area contributed by atoms with Crippen molar-refractivity contribution >= 4 is 22.5 Å². The van der Waals surface area contributed by atoms with Crippen molar-refractivity contribution in [3.05, 3.63) is 69.8 Å². The number of aromatic nitrogens is 2. The van der Waals surface area contributed by atoms with Gasteiger partial charge >= 0.3 is 0 Å². The standard InChI is InChI=1S/C24H29ClN4O3/c1-13(2)32-22-21(25)17-11-16(8-10-19(17)29-23(22)31-6)24(30,20(12-26)27-5)18-9-7-14(3)28-15(18)4/h7-13,27,30H,26H2,1-6H3. The first-order chi connectivity index (χ1) is 15.2. The third kappa shape index (κ3) is 4.06. The van der Waals surface area contributed by atoms with E-state index in [1.807, 2.05) is 39.8 Å². The molecule has 8 heteroatoms. The van der Waals surface area contributed by atoms with Crippen LogP contribution in [0.2, 0.25) is 5.02 Å². The number of pyridine rings is 2. The van der Waals surface area contributed by atoms with E-state index in [4.69, 9.17) is 26.8 Å². The minimum Gasteiger partial charge on any atom is -0.484 e. The number of likely N-dealkylation sites (N-methyl/N-ethyl adjacent to an activating group) is 1. The maximum atomic E-state index is 12.1. The number of fused-ring (bicyclic) bond motifs is 1. The van der Waals surface area contributed by atoms with Crippen molar-refractivity contribution in [1.82, 2.24) is 15.3 Å². The molecule has 4 N–H and O–H groups in total. The van der Waals surface area contributed by atoms with Gasteiger partial charge in [-0.1, -0.05) is 23.7 Å². The zero-order chi connectivity index (χ0) is 23.6. The van der Waals surface area contributed by atoms with Crippen molar-refractivity contribution < 1.29 is 14.6 Å². The van der Waals surface area contributed by atoms with E-state index in [9.17, 15) is 5.11 Å². The lowest BCUT2D eigenvalue weighted by atomic mass is 9.82. The monoisotopic (exact) mass is 456 g/mol. The van der Waals surface area contributed by atoms with Gasteiger partial charge < -0.3 is 25.6 Å². The second-order valence-corrected chi connectivity index (χ2v) is 8.17. The predicted octanol–water partition coefficient (Wildman–Crippen LogP) is 3.95. The molecule has 3 rings (SSSR count). The summed E-state index contributed by atoms with van der Waals surface area (Å²) in [7, 11) is 3.22. The fourth-order valence-corrected chi connectivity index (χ4v) is 4.07. The molecule has 2 heterocycles. The number of nitrogens with two attached hydrogens (primary N) is 1. The van der Waals surface area contributed by atoms with Crippen molar-refractivity contribution in [3.63, 3.8) is 0 Å². The summed E-state index contributed by atoms with van der Waals surface area (Å²) in [5, 5.41) is 16.1. The van der Waals surface area contributed by atoms with Crippen LogP contribution in [0.15, 0.2) is 42.2 Å². The van der Waals surface area contributed by atoms with Crippen molar-refractivity contribution in [2.45, 2.75) is 39.4 Å². The molecule has 1 unspecified atom stereocenters. The Morgan fingerprint density at radius 3 is 2.50 bits per heavy atom. The van der Waals surface area contributed by atoms with E-state index in [-0.39, 0.29) is 6.10 Å². The van der Waals surface area contributed by atoms with Crippen LogP contribution >= 0.6 is 11.6 Å². The minimum absolute atomic E-state index is 0.127. The zero-order valence-electron chi connectivity index (χ0n) is 19.2. The molecular formula is C24H29ClN4O3. The average molecular weight is 457 g/mol. The number of nitrogens with one attached hydrogen (secondary N) is 1. The van der Waals surface area contributed by atoms with Crippen LogP contribution < -0.4 is 20.5 Å². The van der Waals surface area contributed by atoms with Crippen molar-refractivity contribution in [2.75, 3.05) is 14.2 Å². The lowest BCUT2D eigenvalue weighted by Crippen LogP contribution is -2.37. The summed E-state index contributed by atoms with van der Waals surface area (Å²) in [4.78, 5) is 9.07. The van der Waals surface area contributed by atoms with Crippen molar-refractivity contribution in [2.24, 2.45) is 5.73 Å². The van der Waals surface area contributed by atoms with Crippen molar-refractivity contribution in [1.29, 1.82) is 0 Å². The van der Waals surface area contributed by atoms with Gasteiger partial charge in [-0.05, 0) is 51.5 Å². The molecule has 0 saturated heterocycles. The lowest BCUT2D eigenvalue weighted by Gasteiger charge is -2.33. The highest BCUT2D eigenvalue weighted by Crippen LogP contribution is 2.43. The van der Waals surface area contributed by atoms with Crippen molar-refractivity contribution in [3.8, 4) is 11.6 Å². The van der Waals surface area contributed by atoms with Crippen LogP contribution in [0.4, 0.5) is 0 Å².